The third kappa shape index (κ3) is 4.52. The van der Waals surface area contributed by atoms with Crippen LogP contribution in [0.2, 0.25) is 0 Å². The summed E-state index contributed by atoms with van der Waals surface area (Å²) in [5.74, 6) is -0.307. The predicted octanol–water partition coefficient (Wildman–Crippen LogP) is 2.74. The molecule has 1 heterocycles. The topological polar surface area (TPSA) is 38.3 Å². The van der Waals surface area contributed by atoms with Crippen molar-refractivity contribution in [1.29, 1.82) is 0 Å². The summed E-state index contributed by atoms with van der Waals surface area (Å²) in [4.78, 5) is 12.0. The quantitative estimate of drug-likeness (QED) is 0.793. The van der Waals surface area contributed by atoms with E-state index < -0.39 is 17.4 Å². The lowest BCUT2D eigenvalue weighted by molar-refractivity contribution is -0.174. The van der Waals surface area contributed by atoms with Crippen molar-refractivity contribution >= 4 is 5.97 Å². The van der Waals surface area contributed by atoms with Crippen LogP contribution in [0, 0.1) is 5.41 Å². The highest BCUT2D eigenvalue weighted by atomic mass is 19.3. The van der Waals surface area contributed by atoms with Gasteiger partial charge >= 0.3 is 5.97 Å². The smallest absolute Gasteiger partial charge is 0.311 e. The van der Waals surface area contributed by atoms with Gasteiger partial charge in [0.15, 0.2) is 0 Å². The van der Waals surface area contributed by atoms with Gasteiger partial charge in [-0.25, -0.2) is 8.78 Å². The highest BCUT2D eigenvalue weighted by molar-refractivity contribution is 5.75. The standard InChI is InChI=1S/C13H23F2NO2/c1-12(2,3)11(17)18-13(5-4-10(14)15)6-8-16-9-7-13/h10,16H,4-9H2,1-3H3. The van der Waals surface area contributed by atoms with Crippen LogP contribution in [-0.2, 0) is 9.53 Å². The highest BCUT2D eigenvalue weighted by Gasteiger charge is 2.39. The number of hydrogen-bond acceptors (Lipinski definition) is 3. The van der Waals surface area contributed by atoms with Gasteiger partial charge in [0.05, 0.1) is 5.41 Å². The Balaban J connectivity index is 2.68. The number of alkyl halides is 2. The summed E-state index contributed by atoms with van der Waals surface area (Å²) in [7, 11) is 0. The van der Waals surface area contributed by atoms with Gasteiger partial charge in [-0.1, -0.05) is 0 Å². The number of halogens is 2. The van der Waals surface area contributed by atoms with E-state index in [0.29, 0.717) is 25.9 Å². The van der Waals surface area contributed by atoms with Crippen molar-refractivity contribution in [3.05, 3.63) is 0 Å². The van der Waals surface area contributed by atoms with Gasteiger partial charge in [0.2, 0.25) is 6.43 Å². The van der Waals surface area contributed by atoms with E-state index in [4.69, 9.17) is 4.74 Å². The number of rotatable bonds is 4. The maximum atomic E-state index is 12.4. The number of ether oxygens (including phenoxy) is 1. The number of carbonyl (C=O) groups excluding carboxylic acids is 1. The molecule has 0 aliphatic carbocycles. The number of esters is 1. The van der Waals surface area contributed by atoms with Crippen molar-refractivity contribution in [2.45, 2.75) is 58.5 Å². The molecular formula is C13H23F2NO2. The minimum Gasteiger partial charge on any atom is -0.459 e. The monoisotopic (exact) mass is 263 g/mol. The van der Waals surface area contributed by atoms with E-state index in [2.05, 4.69) is 5.32 Å². The van der Waals surface area contributed by atoms with Gasteiger partial charge in [0.25, 0.3) is 0 Å². The molecular weight excluding hydrogens is 240 g/mol. The number of piperidine rings is 1. The Hall–Kier alpha value is -0.710. The van der Waals surface area contributed by atoms with Crippen molar-refractivity contribution in [3.8, 4) is 0 Å². The zero-order valence-corrected chi connectivity index (χ0v) is 11.4. The molecule has 1 rings (SSSR count). The fraction of sp³-hybridized carbons (Fsp3) is 0.923. The maximum absolute atomic E-state index is 12.4. The van der Waals surface area contributed by atoms with Gasteiger partial charge in [-0.15, -0.1) is 0 Å². The molecule has 0 amide bonds. The van der Waals surface area contributed by atoms with Crippen LogP contribution in [-0.4, -0.2) is 31.1 Å². The lowest BCUT2D eigenvalue weighted by Crippen LogP contribution is -2.47. The summed E-state index contributed by atoms with van der Waals surface area (Å²) >= 11 is 0. The van der Waals surface area contributed by atoms with Gasteiger partial charge in [0.1, 0.15) is 5.60 Å². The maximum Gasteiger partial charge on any atom is 0.311 e. The van der Waals surface area contributed by atoms with Gasteiger partial charge in [-0.3, -0.25) is 4.79 Å². The summed E-state index contributed by atoms with van der Waals surface area (Å²) in [6, 6.07) is 0. The first kappa shape index (κ1) is 15.3. The lowest BCUT2D eigenvalue weighted by atomic mass is 9.86. The van der Waals surface area contributed by atoms with Crippen molar-refractivity contribution in [1.82, 2.24) is 5.32 Å². The van der Waals surface area contributed by atoms with E-state index >= 15 is 0 Å². The fourth-order valence-electron chi connectivity index (χ4n) is 2.01. The average molecular weight is 263 g/mol. The Morgan fingerprint density at radius 1 is 1.33 bits per heavy atom. The largest absolute Gasteiger partial charge is 0.459 e. The van der Waals surface area contributed by atoms with Gasteiger partial charge in [0, 0.05) is 6.42 Å². The molecule has 18 heavy (non-hydrogen) atoms. The number of hydrogen-bond donors (Lipinski definition) is 1. The first-order valence-electron chi connectivity index (χ1n) is 6.47. The Kier molecular flexibility index (Phi) is 5.08. The molecule has 0 atom stereocenters. The molecule has 106 valence electrons. The molecule has 3 nitrogen and oxygen atoms in total. The van der Waals surface area contributed by atoms with Gasteiger partial charge in [-0.2, -0.15) is 0 Å². The van der Waals surface area contributed by atoms with Crippen molar-refractivity contribution < 1.29 is 18.3 Å². The highest BCUT2D eigenvalue weighted by Crippen LogP contribution is 2.32. The molecule has 5 heteroatoms. The van der Waals surface area contributed by atoms with Crippen LogP contribution in [0.15, 0.2) is 0 Å². The molecule has 0 saturated carbocycles. The Bertz CT molecular complexity index is 281. The molecule has 0 spiro atoms. The molecule has 0 aromatic carbocycles. The minimum absolute atomic E-state index is 0.211. The summed E-state index contributed by atoms with van der Waals surface area (Å²) in [6.07, 6.45) is -1.08. The zero-order valence-electron chi connectivity index (χ0n) is 11.4. The molecule has 0 radical (unpaired) electrons. The summed E-state index contributed by atoms with van der Waals surface area (Å²) < 4.78 is 30.3. The Morgan fingerprint density at radius 3 is 2.33 bits per heavy atom. The molecule has 0 bridgehead atoms. The molecule has 1 aliphatic heterocycles. The lowest BCUT2D eigenvalue weighted by Gasteiger charge is -2.39. The van der Waals surface area contributed by atoms with E-state index in [0.717, 1.165) is 0 Å². The van der Waals surface area contributed by atoms with E-state index in [-0.39, 0.29) is 18.8 Å². The molecule has 1 fully saturated rings. The zero-order chi connectivity index (χ0) is 13.8. The number of nitrogens with one attached hydrogen (secondary N) is 1. The summed E-state index contributed by atoms with van der Waals surface area (Å²) in [5, 5.41) is 3.16. The van der Waals surface area contributed by atoms with Crippen molar-refractivity contribution in [2.75, 3.05) is 13.1 Å². The van der Waals surface area contributed by atoms with Crippen LogP contribution in [0.25, 0.3) is 0 Å². The second kappa shape index (κ2) is 5.95. The molecule has 0 aromatic heterocycles. The van der Waals surface area contributed by atoms with E-state index in [9.17, 15) is 13.6 Å². The molecule has 1 aliphatic rings. The van der Waals surface area contributed by atoms with Crippen LogP contribution in [0.4, 0.5) is 8.78 Å². The van der Waals surface area contributed by atoms with Crippen LogP contribution < -0.4 is 5.32 Å². The molecule has 0 unspecified atom stereocenters. The first-order valence-corrected chi connectivity index (χ1v) is 6.47. The number of carbonyl (C=O) groups is 1. The van der Waals surface area contributed by atoms with Crippen molar-refractivity contribution in [2.24, 2.45) is 5.41 Å². The fourth-order valence-corrected chi connectivity index (χ4v) is 2.01. The third-order valence-corrected chi connectivity index (χ3v) is 3.25. The van der Waals surface area contributed by atoms with Crippen molar-refractivity contribution in [3.63, 3.8) is 0 Å². The summed E-state index contributed by atoms with van der Waals surface area (Å²) in [6.45, 7) is 6.74. The summed E-state index contributed by atoms with van der Waals surface area (Å²) in [5.41, 5.74) is -1.30. The Morgan fingerprint density at radius 2 is 1.89 bits per heavy atom. The van der Waals surface area contributed by atoms with E-state index in [1.807, 2.05) is 0 Å². The molecule has 1 saturated heterocycles. The van der Waals surface area contributed by atoms with Crippen LogP contribution in [0.1, 0.15) is 46.5 Å². The second-order valence-electron chi connectivity index (χ2n) is 6.00. The molecule has 0 aromatic rings. The SMILES string of the molecule is CC(C)(C)C(=O)OC1(CCC(F)F)CCNCC1. The first-order chi connectivity index (χ1) is 8.25. The van der Waals surface area contributed by atoms with Crippen LogP contribution >= 0.6 is 0 Å². The van der Waals surface area contributed by atoms with Crippen LogP contribution in [0.5, 0.6) is 0 Å². The van der Waals surface area contributed by atoms with Crippen LogP contribution in [0.3, 0.4) is 0 Å². The van der Waals surface area contributed by atoms with Gasteiger partial charge in [-0.05, 0) is 53.1 Å². The van der Waals surface area contributed by atoms with E-state index in [1.165, 1.54) is 0 Å². The third-order valence-electron chi connectivity index (χ3n) is 3.25. The minimum atomic E-state index is -2.34. The normalized spacial score (nSPS) is 19.9. The second-order valence-corrected chi connectivity index (χ2v) is 6.00. The predicted molar refractivity (Wildman–Crippen MR) is 65.6 cm³/mol. The Labute approximate surface area is 107 Å². The average Bonchev–Trinajstić information content (AvgIpc) is 2.26. The molecule has 1 N–H and O–H groups in total. The van der Waals surface area contributed by atoms with E-state index in [1.54, 1.807) is 20.8 Å². The van der Waals surface area contributed by atoms with Gasteiger partial charge < -0.3 is 10.1 Å².